The van der Waals surface area contributed by atoms with Gasteiger partial charge in [0, 0.05) is 49.8 Å². The molecule has 7 heteroatoms. The molecule has 0 amide bonds. The lowest BCUT2D eigenvalue weighted by atomic mass is 10.0. The number of hydrogen-bond acceptors (Lipinski definition) is 6. The van der Waals surface area contributed by atoms with Gasteiger partial charge in [-0.2, -0.15) is 0 Å². The van der Waals surface area contributed by atoms with E-state index in [4.69, 9.17) is 13.9 Å². The number of hydrogen-bond donors (Lipinski definition) is 0. The van der Waals surface area contributed by atoms with Gasteiger partial charge in [0.05, 0.1) is 19.1 Å². The highest BCUT2D eigenvalue weighted by molar-refractivity contribution is 9.10. The summed E-state index contributed by atoms with van der Waals surface area (Å²) in [6.45, 7) is 6.67. The Bertz CT molecular complexity index is 1380. The number of piperazine rings is 1. The number of ether oxygens (including phenoxy) is 2. The molecule has 2 heterocycles. The highest BCUT2D eigenvalue weighted by atomic mass is 79.9. The number of halogens is 1. The molecule has 0 spiro atoms. The lowest BCUT2D eigenvalue weighted by molar-refractivity contribution is 0.121. The van der Waals surface area contributed by atoms with Gasteiger partial charge in [-0.15, -0.1) is 0 Å². The lowest BCUT2D eigenvalue weighted by Crippen LogP contribution is -2.46. The molecule has 1 aromatic heterocycles. The van der Waals surface area contributed by atoms with E-state index in [9.17, 15) is 4.79 Å². The molecule has 4 aromatic rings. The van der Waals surface area contributed by atoms with Crippen molar-refractivity contribution in [2.75, 3.05) is 46.4 Å². The third-order valence-electron chi connectivity index (χ3n) is 6.78. The summed E-state index contributed by atoms with van der Waals surface area (Å²) in [6.07, 6.45) is 0.874. The van der Waals surface area contributed by atoms with Crippen LogP contribution in [0.25, 0.3) is 22.1 Å². The van der Waals surface area contributed by atoms with Gasteiger partial charge in [0.2, 0.25) is 0 Å². The molecule has 0 N–H and O–H groups in total. The minimum absolute atomic E-state index is 0.413. The largest absolute Gasteiger partial charge is 0.497 e. The first-order chi connectivity index (χ1) is 18.1. The smallest absolute Gasteiger partial charge is 0.347 e. The van der Waals surface area contributed by atoms with Gasteiger partial charge in [-0.1, -0.05) is 58.4 Å². The molecule has 192 valence electrons. The molecule has 3 aromatic carbocycles. The second-order valence-electron chi connectivity index (χ2n) is 9.27. The maximum Gasteiger partial charge on any atom is 0.347 e. The minimum Gasteiger partial charge on any atom is -0.497 e. The fourth-order valence-electron chi connectivity index (χ4n) is 4.77. The molecule has 0 atom stereocenters. The summed E-state index contributed by atoms with van der Waals surface area (Å²) in [7, 11) is 1.59. The molecule has 0 saturated carbocycles. The molecule has 5 rings (SSSR count). The highest BCUT2D eigenvalue weighted by Gasteiger charge is 2.20. The van der Waals surface area contributed by atoms with E-state index in [-0.39, 0.29) is 0 Å². The van der Waals surface area contributed by atoms with Gasteiger partial charge in [0.25, 0.3) is 0 Å². The van der Waals surface area contributed by atoms with E-state index in [1.807, 2.05) is 42.5 Å². The molecule has 1 aliphatic rings. The van der Waals surface area contributed by atoms with E-state index < -0.39 is 5.63 Å². The van der Waals surface area contributed by atoms with Crippen molar-refractivity contribution in [2.45, 2.75) is 13.0 Å². The Labute approximate surface area is 225 Å². The number of rotatable bonds is 9. The van der Waals surface area contributed by atoms with Gasteiger partial charge in [0.1, 0.15) is 22.6 Å². The van der Waals surface area contributed by atoms with E-state index in [1.54, 1.807) is 13.2 Å². The monoisotopic (exact) mass is 562 g/mol. The van der Waals surface area contributed by atoms with Crippen LogP contribution in [0.15, 0.2) is 86.5 Å². The Kier molecular flexibility index (Phi) is 8.24. The highest BCUT2D eigenvalue weighted by Crippen LogP contribution is 2.35. The standard InChI is InChI=1S/C30H31BrN2O4/c1-35-25-12-13-26-27(20-25)37-30(34)28(23-6-3-2-4-7-23)29(26)36-19-5-14-32-15-17-33(18-16-32)21-22-8-10-24(31)11-9-22/h2-4,6-13,20H,5,14-19,21H2,1H3. The molecule has 0 aliphatic carbocycles. The van der Waals surface area contributed by atoms with Crippen molar-refractivity contribution in [3.63, 3.8) is 0 Å². The molecule has 1 fully saturated rings. The van der Waals surface area contributed by atoms with Crippen LogP contribution in [0.1, 0.15) is 12.0 Å². The van der Waals surface area contributed by atoms with E-state index in [0.29, 0.717) is 29.3 Å². The number of nitrogens with zero attached hydrogens (tertiary/aromatic N) is 2. The van der Waals surface area contributed by atoms with Crippen molar-refractivity contribution < 1.29 is 13.9 Å². The van der Waals surface area contributed by atoms with Crippen LogP contribution in [0, 0.1) is 0 Å². The topological polar surface area (TPSA) is 55.2 Å². The summed E-state index contributed by atoms with van der Waals surface area (Å²) in [4.78, 5) is 18.0. The molecular weight excluding hydrogens is 532 g/mol. The number of benzene rings is 3. The van der Waals surface area contributed by atoms with Crippen LogP contribution >= 0.6 is 15.9 Å². The maximum atomic E-state index is 13.0. The first kappa shape index (κ1) is 25.5. The molecule has 1 saturated heterocycles. The van der Waals surface area contributed by atoms with Crippen LogP contribution < -0.4 is 15.1 Å². The zero-order chi connectivity index (χ0) is 25.6. The fourth-order valence-corrected chi connectivity index (χ4v) is 5.03. The second kappa shape index (κ2) is 11.9. The normalized spacial score (nSPS) is 14.6. The number of fused-ring (bicyclic) bond motifs is 1. The van der Waals surface area contributed by atoms with Crippen LogP contribution in [-0.2, 0) is 6.54 Å². The van der Waals surface area contributed by atoms with Gasteiger partial charge < -0.3 is 18.8 Å². The molecule has 0 unspecified atom stereocenters. The third-order valence-corrected chi connectivity index (χ3v) is 7.31. The number of methoxy groups -OCH3 is 1. The lowest BCUT2D eigenvalue weighted by Gasteiger charge is -2.34. The first-order valence-electron chi connectivity index (χ1n) is 12.6. The van der Waals surface area contributed by atoms with Crippen molar-refractivity contribution in [3.8, 4) is 22.6 Å². The molecule has 37 heavy (non-hydrogen) atoms. The third kappa shape index (κ3) is 6.24. The van der Waals surface area contributed by atoms with Crippen LogP contribution in [0.4, 0.5) is 0 Å². The zero-order valence-electron chi connectivity index (χ0n) is 21.0. The first-order valence-corrected chi connectivity index (χ1v) is 13.4. The van der Waals surface area contributed by atoms with E-state index in [0.717, 1.165) is 61.1 Å². The van der Waals surface area contributed by atoms with E-state index >= 15 is 0 Å². The molecular formula is C30H31BrN2O4. The van der Waals surface area contributed by atoms with Gasteiger partial charge >= 0.3 is 5.63 Å². The van der Waals surface area contributed by atoms with Crippen LogP contribution in [-0.4, -0.2) is 56.2 Å². The Morgan fingerprint density at radius 2 is 1.65 bits per heavy atom. The van der Waals surface area contributed by atoms with Crippen molar-refractivity contribution in [3.05, 3.63) is 93.3 Å². The maximum absolute atomic E-state index is 13.0. The summed E-state index contributed by atoms with van der Waals surface area (Å²) in [5.74, 6) is 1.20. The Balaban J connectivity index is 1.22. The summed E-state index contributed by atoms with van der Waals surface area (Å²) < 4.78 is 18.4. The predicted octanol–water partition coefficient (Wildman–Crippen LogP) is 5.82. The summed E-state index contributed by atoms with van der Waals surface area (Å²) in [6, 6.07) is 23.6. The van der Waals surface area contributed by atoms with Crippen molar-refractivity contribution in [2.24, 2.45) is 0 Å². The van der Waals surface area contributed by atoms with Gasteiger partial charge in [-0.05, 0) is 41.8 Å². The van der Waals surface area contributed by atoms with Crippen molar-refractivity contribution >= 4 is 26.9 Å². The van der Waals surface area contributed by atoms with Crippen LogP contribution in [0.2, 0.25) is 0 Å². The predicted molar refractivity (Wildman–Crippen MR) is 150 cm³/mol. The zero-order valence-corrected chi connectivity index (χ0v) is 22.6. The minimum atomic E-state index is -0.413. The van der Waals surface area contributed by atoms with Gasteiger partial charge in [-0.3, -0.25) is 4.90 Å². The molecule has 1 aliphatic heterocycles. The average Bonchev–Trinajstić information content (AvgIpc) is 2.93. The Hall–Kier alpha value is -3.13. The van der Waals surface area contributed by atoms with Crippen LogP contribution in [0.3, 0.4) is 0 Å². The molecule has 0 bridgehead atoms. The van der Waals surface area contributed by atoms with Gasteiger partial charge in [0.15, 0.2) is 0 Å². The van der Waals surface area contributed by atoms with Crippen molar-refractivity contribution in [1.29, 1.82) is 0 Å². The molecule has 6 nitrogen and oxygen atoms in total. The summed E-state index contributed by atoms with van der Waals surface area (Å²) in [5, 5.41) is 0.765. The Morgan fingerprint density at radius 1 is 0.919 bits per heavy atom. The summed E-state index contributed by atoms with van der Waals surface area (Å²) in [5.41, 5.74) is 2.63. The molecule has 0 radical (unpaired) electrons. The summed E-state index contributed by atoms with van der Waals surface area (Å²) >= 11 is 3.50. The van der Waals surface area contributed by atoms with Crippen LogP contribution in [0.5, 0.6) is 11.5 Å². The van der Waals surface area contributed by atoms with Crippen molar-refractivity contribution in [1.82, 2.24) is 9.80 Å². The van der Waals surface area contributed by atoms with E-state index in [1.165, 1.54) is 5.56 Å². The second-order valence-corrected chi connectivity index (χ2v) is 10.2. The van der Waals surface area contributed by atoms with Gasteiger partial charge in [-0.25, -0.2) is 4.79 Å². The SMILES string of the molecule is COc1ccc2c(OCCCN3CCN(Cc4ccc(Br)cc4)CC3)c(-c3ccccc3)c(=O)oc2c1. The quantitative estimate of drug-likeness (QED) is 0.189. The average molecular weight is 563 g/mol. The van der Waals surface area contributed by atoms with E-state index in [2.05, 4.69) is 50.0 Å². The Morgan fingerprint density at radius 3 is 2.38 bits per heavy atom. The fraction of sp³-hybridized carbons (Fsp3) is 0.300.